The van der Waals surface area contributed by atoms with E-state index >= 15 is 4.39 Å². The number of alkyl halides is 1. The molecule has 1 saturated heterocycles. The first kappa shape index (κ1) is 20.0. The van der Waals surface area contributed by atoms with Crippen molar-refractivity contribution in [3.8, 4) is 0 Å². The van der Waals surface area contributed by atoms with E-state index in [2.05, 4.69) is 5.32 Å². The molecule has 0 aromatic carbocycles. The van der Waals surface area contributed by atoms with Crippen LogP contribution in [0.2, 0.25) is 0 Å². The first-order chi connectivity index (χ1) is 12.1. The molecule has 0 atom stereocenters. The van der Waals surface area contributed by atoms with E-state index in [9.17, 15) is 9.59 Å². The zero-order valence-corrected chi connectivity index (χ0v) is 15.9. The van der Waals surface area contributed by atoms with Gasteiger partial charge in [-0.15, -0.1) is 0 Å². The van der Waals surface area contributed by atoms with E-state index in [-0.39, 0.29) is 12.8 Å². The molecule has 7 heteroatoms. The van der Waals surface area contributed by atoms with E-state index in [1.807, 2.05) is 31.7 Å². The van der Waals surface area contributed by atoms with Crippen molar-refractivity contribution >= 4 is 12.0 Å². The minimum absolute atomic E-state index is 0.130. The molecule has 0 aromatic heterocycles. The fraction of sp³-hybridized carbons (Fsp3) is 0.579. The van der Waals surface area contributed by atoms with E-state index in [1.165, 1.54) is 4.90 Å². The molecule has 2 heterocycles. The van der Waals surface area contributed by atoms with E-state index in [1.54, 1.807) is 31.5 Å². The lowest BCUT2D eigenvalue weighted by molar-refractivity contribution is -0.137. The number of likely N-dealkylation sites (tertiary alicyclic amines) is 1. The normalized spacial score (nSPS) is 19.7. The Balaban J connectivity index is 1.97. The van der Waals surface area contributed by atoms with E-state index in [4.69, 9.17) is 4.74 Å². The van der Waals surface area contributed by atoms with Gasteiger partial charge in [0.1, 0.15) is 0 Å². The number of hydrogen-bond acceptors (Lipinski definition) is 4. The quantitative estimate of drug-likeness (QED) is 0.835. The summed E-state index contributed by atoms with van der Waals surface area (Å²) in [5.74, 6) is -0.538. The van der Waals surface area contributed by atoms with Gasteiger partial charge < -0.3 is 15.0 Å². The minimum Gasteiger partial charge on any atom is -0.449 e. The van der Waals surface area contributed by atoms with Gasteiger partial charge >= 0.3 is 6.09 Å². The van der Waals surface area contributed by atoms with Crippen LogP contribution in [0.4, 0.5) is 9.18 Å². The molecule has 2 aliphatic rings. The van der Waals surface area contributed by atoms with Crippen LogP contribution in [0.15, 0.2) is 36.3 Å². The van der Waals surface area contributed by atoms with Gasteiger partial charge in [0.05, 0.1) is 6.61 Å². The number of ether oxygens (including phenoxy) is 1. The van der Waals surface area contributed by atoms with Crippen LogP contribution in [0.25, 0.3) is 0 Å². The van der Waals surface area contributed by atoms with Crippen LogP contribution in [0.5, 0.6) is 0 Å². The predicted octanol–water partition coefficient (Wildman–Crippen LogP) is 3.09. The van der Waals surface area contributed by atoms with Gasteiger partial charge in [0, 0.05) is 49.6 Å². The third kappa shape index (κ3) is 5.09. The molecule has 6 nitrogen and oxygen atoms in total. The summed E-state index contributed by atoms with van der Waals surface area (Å²) < 4.78 is 20.0. The van der Waals surface area contributed by atoms with Gasteiger partial charge in [0.25, 0.3) is 5.91 Å². The van der Waals surface area contributed by atoms with Crippen molar-refractivity contribution in [3.63, 3.8) is 0 Å². The van der Waals surface area contributed by atoms with E-state index in [0.717, 1.165) is 5.70 Å². The number of hydrogen-bond donors (Lipinski definition) is 1. The number of carbonyl (C=O) groups excluding carboxylic acids is 2. The standard InChI is InChI=1S/C19H28FN3O3/c1-5-26-17(25)23-11-6-7-15(8-12-23)22-13-9-19(20,10-14-22)16(24)21-18(2,3)4/h6-8,11-12H,5,9-10,13-14H2,1-4H3,(H,21,24). The Kier molecular flexibility index (Phi) is 6.10. The Hall–Kier alpha value is -2.31. The van der Waals surface area contributed by atoms with Crippen molar-refractivity contribution in [1.29, 1.82) is 0 Å². The van der Waals surface area contributed by atoms with Crippen molar-refractivity contribution in [2.75, 3.05) is 19.7 Å². The Morgan fingerprint density at radius 3 is 2.50 bits per heavy atom. The van der Waals surface area contributed by atoms with Gasteiger partial charge in [0.15, 0.2) is 5.67 Å². The summed E-state index contributed by atoms with van der Waals surface area (Å²) >= 11 is 0. The Labute approximate surface area is 154 Å². The van der Waals surface area contributed by atoms with Crippen LogP contribution in [0, 0.1) is 0 Å². The number of nitrogens with zero attached hydrogens (tertiary/aromatic N) is 2. The predicted molar refractivity (Wildman–Crippen MR) is 97.8 cm³/mol. The van der Waals surface area contributed by atoms with Crippen LogP contribution in [0.3, 0.4) is 0 Å². The van der Waals surface area contributed by atoms with Gasteiger partial charge in [-0.3, -0.25) is 9.69 Å². The molecule has 0 saturated carbocycles. The molecule has 0 bridgehead atoms. The van der Waals surface area contributed by atoms with Crippen molar-refractivity contribution < 1.29 is 18.7 Å². The SMILES string of the molecule is CCOC(=O)N1C=CC=C(N2CCC(F)(C(=O)NC(C)(C)C)CC2)C=C1. The van der Waals surface area contributed by atoms with Crippen LogP contribution < -0.4 is 5.32 Å². The second-order valence-corrected chi connectivity index (χ2v) is 7.51. The zero-order valence-electron chi connectivity index (χ0n) is 15.9. The van der Waals surface area contributed by atoms with E-state index < -0.39 is 23.2 Å². The lowest BCUT2D eigenvalue weighted by atomic mass is 9.91. The zero-order chi connectivity index (χ0) is 19.4. The summed E-state index contributed by atoms with van der Waals surface area (Å²) in [6, 6.07) is 0. The average molecular weight is 365 g/mol. The van der Waals surface area contributed by atoms with Crippen LogP contribution in [-0.2, 0) is 9.53 Å². The number of halogens is 1. The molecule has 2 rings (SSSR count). The van der Waals surface area contributed by atoms with Gasteiger partial charge in [-0.05, 0) is 45.9 Å². The fourth-order valence-electron chi connectivity index (χ4n) is 2.83. The lowest BCUT2D eigenvalue weighted by Crippen LogP contribution is -2.54. The van der Waals surface area contributed by atoms with Crippen molar-refractivity contribution in [3.05, 3.63) is 36.3 Å². The fourth-order valence-corrected chi connectivity index (χ4v) is 2.83. The molecule has 144 valence electrons. The molecule has 0 radical (unpaired) electrons. The summed E-state index contributed by atoms with van der Waals surface area (Å²) in [6.45, 7) is 8.43. The maximum atomic E-state index is 15.0. The highest BCUT2D eigenvalue weighted by molar-refractivity contribution is 5.85. The molecule has 1 fully saturated rings. The largest absolute Gasteiger partial charge is 0.449 e. The number of carbonyl (C=O) groups is 2. The minimum atomic E-state index is -1.84. The third-order valence-electron chi connectivity index (χ3n) is 4.21. The number of piperidine rings is 1. The second-order valence-electron chi connectivity index (χ2n) is 7.51. The molecule has 0 aliphatic carbocycles. The van der Waals surface area contributed by atoms with E-state index in [0.29, 0.717) is 19.7 Å². The van der Waals surface area contributed by atoms with Crippen molar-refractivity contribution in [1.82, 2.24) is 15.1 Å². The van der Waals surface area contributed by atoms with Gasteiger partial charge in [-0.1, -0.05) is 0 Å². The summed E-state index contributed by atoms with van der Waals surface area (Å²) in [7, 11) is 0. The Morgan fingerprint density at radius 1 is 1.27 bits per heavy atom. The number of nitrogens with one attached hydrogen (secondary N) is 1. The summed E-state index contributed by atoms with van der Waals surface area (Å²) in [5, 5.41) is 2.73. The number of allylic oxidation sites excluding steroid dienone is 3. The van der Waals surface area contributed by atoms with Gasteiger partial charge in [-0.25, -0.2) is 9.18 Å². The molecule has 2 amide bonds. The maximum Gasteiger partial charge on any atom is 0.417 e. The Morgan fingerprint density at radius 2 is 1.92 bits per heavy atom. The highest BCUT2D eigenvalue weighted by Gasteiger charge is 2.43. The Bertz CT molecular complexity index is 626. The first-order valence-electron chi connectivity index (χ1n) is 8.93. The molecular formula is C19H28FN3O3. The molecular weight excluding hydrogens is 337 g/mol. The van der Waals surface area contributed by atoms with Gasteiger partial charge in [0.2, 0.25) is 0 Å². The maximum absolute atomic E-state index is 15.0. The summed E-state index contributed by atoms with van der Waals surface area (Å²) in [5.41, 5.74) is -1.43. The summed E-state index contributed by atoms with van der Waals surface area (Å²) in [6.07, 6.45) is 8.44. The van der Waals surface area contributed by atoms with Crippen LogP contribution in [0.1, 0.15) is 40.5 Å². The molecule has 0 aromatic rings. The topological polar surface area (TPSA) is 61.9 Å². The molecule has 2 aliphatic heterocycles. The highest BCUT2D eigenvalue weighted by Crippen LogP contribution is 2.30. The first-order valence-corrected chi connectivity index (χ1v) is 8.93. The van der Waals surface area contributed by atoms with Crippen molar-refractivity contribution in [2.24, 2.45) is 0 Å². The summed E-state index contributed by atoms with van der Waals surface area (Å²) in [4.78, 5) is 27.4. The smallest absolute Gasteiger partial charge is 0.417 e. The monoisotopic (exact) mass is 365 g/mol. The van der Waals surface area contributed by atoms with Crippen LogP contribution in [-0.4, -0.2) is 52.7 Å². The molecule has 0 unspecified atom stereocenters. The molecule has 1 N–H and O–H groups in total. The molecule has 0 spiro atoms. The number of rotatable bonds is 3. The average Bonchev–Trinajstić information content (AvgIpc) is 2.80. The van der Waals surface area contributed by atoms with Crippen LogP contribution >= 0.6 is 0 Å². The highest BCUT2D eigenvalue weighted by atomic mass is 19.1. The second kappa shape index (κ2) is 7.93. The molecule has 26 heavy (non-hydrogen) atoms. The van der Waals surface area contributed by atoms with Gasteiger partial charge in [-0.2, -0.15) is 0 Å². The van der Waals surface area contributed by atoms with Crippen molar-refractivity contribution in [2.45, 2.75) is 51.7 Å². The lowest BCUT2D eigenvalue weighted by Gasteiger charge is -2.38. The third-order valence-corrected chi connectivity index (χ3v) is 4.21. The number of amides is 2.